The fourth-order valence-corrected chi connectivity index (χ4v) is 3.45. The van der Waals surface area contributed by atoms with Crippen LogP contribution in [0, 0.1) is 0 Å². The fraction of sp³-hybridized carbons (Fsp3) is 0.529. The van der Waals surface area contributed by atoms with Gasteiger partial charge in [-0.3, -0.25) is 4.90 Å². The van der Waals surface area contributed by atoms with Crippen LogP contribution in [0.5, 0.6) is 11.5 Å². The highest BCUT2D eigenvalue weighted by Crippen LogP contribution is 2.35. The number of piperidine rings is 1. The lowest BCUT2D eigenvalue weighted by Crippen LogP contribution is -2.39. The molecule has 20 heavy (non-hydrogen) atoms. The molecule has 108 valence electrons. The molecule has 1 aliphatic heterocycles. The molecule has 1 aromatic rings. The molecule has 2 N–H and O–H groups in total. The highest BCUT2D eigenvalue weighted by Gasteiger charge is 2.23. The number of likely N-dealkylation sites (tertiary alicyclic amines) is 1. The molecule has 1 saturated heterocycles. The summed E-state index contributed by atoms with van der Waals surface area (Å²) in [4.78, 5) is 2.58. The minimum Gasteiger partial charge on any atom is -0.508 e. The minimum absolute atomic E-state index is 0.121. The molecule has 1 atom stereocenters. The Hall–Kier alpha value is -1.48. The number of phenolic OH excluding ortho intramolecular Hbond substituents is 2. The molecule has 1 aliphatic carbocycles. The van der Waals surface area contributed by atoms with E-state index in [1.165, 1.54) is 56.8 Å². The topological polar surface area (TPSA) is 43.7 Å². The molecule has 0 bridgehead atoms. The molecule has 3 nitrogen and oxygen atoms in total. The van der Waals surface area contributed by atoms with Gasteiger partial charge in [0.15, 0.2) is 0 Å². The maximum absolute atomic E-state index is 10.0. The quantitative estimate of drug-likeness (QED) is 0.866. The summed E-state index contributed by atoms with van der Waals surface area (Å²) in [5.41, 5.74) is 2.11. The Bertz CT molecular complexity index is 504. The van der Waals surface area contributed by atoms with Gasteiger partial charge in [0.2, 0.25) is 0 Å². The summed E-state index contributed by atoms with van der Waals surface area (Å²) >= 11 is 0. The van der Waals surface area contributed by atoms with Gasteiger partial charge in [0, 0.05) is 17.7 Å². The zero-order valence-corrected chi connectivity index (χ0v) is 11.9. The number of rotatable bonds is 2. The van der Waals surface area contributed by atoms with Crippen molar-refractivity contribution in [3.63, 3.8) is 0 Å². The van der Waals surface area contributed by atoms with E-state index >= 15 is 0 Å². The van der Waals surface area contributed by atoms with E-state index in [0.29, 0.717) is 6.04 Å². The molecule has 0 saturated carbocycles. The maximum Gasteiger partial charge on any atom is 0.126 e. The van der Waals surface area contributed by atoms with Crippen LogP contribution in [0.15, 0.2) is 24.3 Å². The van der Waals surface area contributed by atoms with Crippen LogP contribution >= 0.6 is 0 Å². The van der Waals surface area contributed by atoms with Crippen LogP contribution < -0.4 is 0 Å². The molecule has 3 heteroatoms. The summed E-state index contributed by atoms with van der Waals surface area (Å²) < 4.78 is 0. The molecule has 1 fully saturated rings. The minimum atomic E-state index is 0.121. The summed E-state index contributed by atoms with van der Waals surface area (Å²) in [5.74, 6) is 0.311. The molecule has 0 amide bonds. The Kier molecular flexibility index (Phi) is 3.97. The smallest absolute Gasteiger partial charge is 0.126 e. The number of allylic oxidation sites excluding steroid dienone is 1. The molecule has 2 aliphatic rings. The Labute approximate surface area is 120 Å². The van der Waals surface area contributed by atoms with Crippen molar-refractivity contribution in [3.8, 4) is 11.5 Å². The molecule has 0 aromatic heterocycles. The van der Waals surface area contributed by atoms with Crippen molar-refractivity contribution in [2.45, 2.75) is 44.6 Å². The standard InChI is InChI=1S/C17H23NO2/c19-15-7-8-16(17(20)12-15)13-5-4-6-14(11-13)18-9-2-1-3-10-18/h7-8,11-12,14,19-20H,1-6,9-10H2. The highest BCUT2D eigenvalue weighted by molar-refractivity contribution is 5.72. The average Bonchev–Trinajstić information content (AvgIpc) is 2.48. The molecule has 1 heterocycles. The van der Waals surface area contributed by atoms with E-state index in [1.54, 1.807) is 6.07 Å². The second-order valence-electron chi connectivity index (χ2n) is 5.95. The van der Waals surface area contributed by atoms with E-state index in [0.717, 1.165) is 12.0 Å². The van der Waals surface area contributed by atoms with Crippen molar-refractivity contribution in [1.29, 1.82) is 0 Å². The van der Waals surface area contributed by atoms with Crippen molar-refractivity contribution >= 4 is 5.57 Å². The van der Waals surface area contributed by atoms with Crippen LogP contribution in [0.1, 0.15) is 44.1 Å². The molecule has 1 aromatic carbocycles. The SMILES string of the molecule is Oc1ccc(C2=CC(N3CCCCC3)CCC2)c(O)c1. The Morgan fingerprint density at radius 1 is 1.00 bits per heavy atom. The van der Waals surface area contributed by atoms with Crippen LogP contribution in [0.4, 0.5) is 0 Å². The first-order chi connectivity index (χ1) is 9.74. The summed E-state index contributed by atoms with van der Waals surface area (Å²) in [6.45, 7) is 2.41. The van der Waals surface area contributed by atoms with Crippen LogP contribution in [-0.4, -0.2) is 34.2 Å². The first kappa shape index (κ1) is 13.5. The number of benzene rings is 1. The number of aromatic hydroxyl groups is 2. The van der Waals surface area contributed by atoms with Gasteiger partial charge in [0.25, 0.3) is 0 Å². The summed E-state index contributed by atoms with van der Waals surface area (Å²) in [6.07, 6.45) is 9.73. The molecule has 0 radical (unpaired) electrons. The second-order valence-corrected chi connectivity index (χ2v) is 5.95. The van der Waals surface area contributed by atoms with Crippen molar-refractivity contribution in [2.24, 2.45) is 0 Å². The zero-order valence-electron chi connectivity index (χ0n) is 11.9. The fourth-order valence-electron chi connectivity index (χ4n) is 3.45. The van der Waals surface area contributed by atoms with Gasteiger partial charge in [0.05, 0.1) is 0 Å². The van der Waals surface area contributed by atoms with E-state index in [4.69, 9.17) is 0 Å². The Morgan fingerprint density at radius 3 is 2.55 bits per heavy atom. The second kappa shape index (κ2) is 5.88. The highest BCUT2D eigenvalue weighted by atomic mass is 16.3. The van der Waals surface area contributed by atoms with Gasteiger partial charge >= 0.3 is 0 Å². The summed E-state index contributed by atoms with van der Waals surface area (Å²) in [7, 11) is 0. The van der Waals surface area contributed by atoms with Gasteiger partial charge < -0.3 is 10.2 Å². The van der Waals surface area contributed by atoms with E-state index < -0.39 is 0 Å². The van der Waals surface area contributed by atoms with Crippen LogP contribution in [-0.2, 0) is 0 Å². The number of phenols is 2. The number of nitrogens with zero attached hydrogens (tertiary/aromatic N) is 1. The van der Waals surface area contributed by atoms with E-state index in [-0.39, 0.29) is 11.5 Å². The first-order valence-corrected chi connectivity index (χ1v) is 7.71. The van der Waals surface area contributed by atoms with E-state index in [2.05, 4.69) is 11.0 Å². The van der Waals surface area contributed by atoms with Gasteiger partial charge in [-0.15, -0.1) is 0 Å². The predicted octanol–water partition coefficient (Wildman–Crippen LogP) is 3.52. The molecule has 0 spiro atoms. The average molecular weight is 273 g/mol. The van der Waals surface area contributed by atoms with E-state index in [1.807, 2.05) is 6.07 Å². The Morgan fingerprint density at radius 2 is 1.80 bits per heavy atom. The largest absolute Gasteiger partial charge is 0.508 e. The van der Waals surface area contributed by atoms with Gasteiger partial charge in [-0.05, 0) is 62.9 Å². The molecular weight excluding hydrogens is 250 g/mol. The predicted molar refractivity (Wildman–Crippen MR) is 80.8 cm³/mol. The lowest BCUT2D eigenvalue weighted by molar-refractivity contribution is 0.180. The third kappa shape index (κ3) is 2.83. The molecular formula is C17H23NO2. The van der Waals surface area contributed by atoms with Gasteiger partial charge in [-0.1, -0.05) is 12.5 Å². The summed E-state index contributed by atoms with van der Waals surface area (Å²) in [5, 5.41) is 19.4. The normalized spacial score (nSPS) is 24.4. The van der Waals surface area contributed by atoms with Crippen molar-refractivity contribution < 1.29 is 10.2 Å². The number of hydrogen-bond donors (Lipinski definition) is 2. The van der Waals surface area contributed by atoms with Crippen molar-refractivity contribution in [3.05, 3.63) is 29.8 Å². The summed E-state index contributed by atoms with van der Waals surface area (Å²) in [6, 6.07) is 5.43. The third-order valence-corrected chi connectivity index (χ3v) is 4.53. The van der Waals surface area contributed by atoms with E-state index in [9.17, 15) is 10.2 Å². The van der Waals surface area contributed by atoms with Crippen LogP contribution in [0.25, 0.3) is 5.57 Å². The van der Waals surface area contributed by atoms with Gasteiger partial charge in [-0.25, -0.2) is 0 Å². The zero-order chi connectivity index (χ0) is 13.9. The lowest BCUT2D eigenvalue weighted by Gasteiger charge is -2.35. The lowest BCUT2D eigenvalue weighted by atomic mass is 9.89. The van der Waals surface area contributed by atoms with Crippen LogP contribution in [0.2, 0.25) is 0 Å². The van der Waals surface area contributed by atoms with Crippen LogP contribution in [0.3, 0.4) is 0 Å². The van der Waals surface area contributed by atoms with Crippen molar-refractivity contribution in [2.75, 3.05) is 13.1 Å². The molecule has 3 rings (SSSR count). The monoisotopic (exact) mass is 273 g/mol. The first-order valence-electron chi connectivity index (χ1n) is 7.71. The van der Waals surface area contributed by atoms with Gasteiger partial charge in [-0.2, -0.15) is 0 Å². The van der Waals surface area contributed by atoms with Crippen molar-refractivity contribution in [1.82, 2.24) is 4.90 Å². The molecule has 1 unspecified atom stereocenters. The van der Waals surface area contributed by atoms with Gasteiger partial charge in [0.1, 0.15) is 11.5 Å². The Balaban J connectivity index is 1.83. The third-order valence-electron chi connectivity index (χ3n) is 4.53. The maximum atomic E-state index is 10.0. The number of hydrogen-bond acceptors (Lipinski definition) is 3.